The van der Waals surface area contributed by atoms with Gasteiger partial charge >= 0.3 is 0 Å². The molecule has 0 heterocycles. The molecule has 0 aromatic heterocycles. The minimum Gasteiger partial charge on any atom is -0.489 e. The highest BCUT2D eigenvalue weighted by molar-refractivity contribution is 5.89. The fourth-order valence-electron chi connectivity index (χ4n) is 2.47. The van der Waals surface area contributed by atoms with Crippen LogP contribution in [0, 0.1) is 22.7 Å². The summed E-state index contributed by atoms with van der Waals surface area (Å²) < 4.78 is 5.77. The maximum absolute atomic E-state index is 9.42. The number of ether oxygens (including phenoxy) is 1. The van der Waals surface area contributed by atoms with Gasteiger partial charge in [-0.05, 0) is 47.0 Å². The maximum Gasteiger partial charge on any atom is 0.119 e. The van der Waals surface area contributed by atoms with Gasteiger partial charge < -0.3 is 4.74 Å². The van der Waals surface area contributed by atoms with Crippen molar-refractivity contribution in [2.75, 3.05) is 0 Å². The van der Waals surface area contributed by atoms with Crippen molar-refractivity contribution in [1.82, 2.24) is 0 Å². The van der Waals surface area contributed by atoms with E-state index >= 15 is 0 Å². The molecule has 0 saturated heterocycles. The summed E-state index contributed by atoms with van der Waals surface area (Å²) >= 11 is 0. The van der Waals surface area contributed by atoms with Crippen molar-refractivity contribution in [3.8, 4) is 17.9 Å². The van der Waals surface area contributed by atoms with E-state index in [1.807, 2.05) is 60.7 Å². The molecule has 3 aromatic carbocycles. The zero-order valence-corrected chi connectivity index (χ0v) is 14.1. The Labute approximate surface area is 153 Å². The molecule has 0 fully saturated rings. The van der Waals surface area contributed by atoms with Crippen molar-refractivity contribution in [2.45, 2.75) is 6.61 Å². The molecule has 0 aliphatic rings. The van der Waals surface area contributed by atoms with Crippen molar-refractivity contribution >= 4 is 11.6 Å². The van der Waals surface area contributed by atoms with Crippen LogP contribution in [-0.4, -0.2) is 0 Å². The van der Waals surface area contributed by atoms with E-state index in [-0.39, 0.29) is 0 Å². The van der Waals surface area contributed by atoms with Crippen LogP contribution in [0.5, 0.6) is 5.75 Å². The van der Waals surface area contributed by atoms with Gasteiger partial charge in [0.15, 0.2) is 0 Å². The lowest BCUT2D eigenvalue weighted by atomic mass is 10.0. The molecule has 0 bridgehead atoms. The molecule has 3 nitrogen and oxygen atoms in total. The van der Waals surface area contributed by atoms with Crippen LogP contribution in [0.3, 0.4) is 0 Å². The summed E-state index contributed by atoms with van der Waals surface area (Å²) in [6, 6.07) is 28.9. The first kappa shape index (κ1) is 17.0. The van der Waals surface area contributed by atoms with Crippen LogP contribution < -0.4 is 4.74 Å². The van der Waals surface area contributed by atoms with Gasteiger partial charge in [-0.1, -0.05) is 54.6 Å². The lowest BCUT2D eigenvalue weighted by molar-refractivity contribution is 0.306. The summed E-state index contributed by atoms with van der Waals surface area (Å²) in [5.74, 6) is 0.780. The molecule has 3 heteroatoms. The van der Waals surface area contributed by atoms with Crippen LogP contribution in [0.4, 0.5) is 0 Å². The third kappa shape index (κ3) is 4.38. The normalized spacial score (nSPS) is 10.6. The first-order chi connectivity index (χ1) is 12.8. The second-order valence-corrected chi connectivity index (χ2v) is 5.70. The van der Waals surface area contributed by atoms with E-state index in [2.05, 4.69) is 12.1 Å². The number of hydrogen-bond donors (Lipinski definition) is 0. The highest BCUT2D eigenvalue weighted by Crippen LogP contribution is 2.20. The van der Waals surface area contributed by atoms with Gasteiger partial charge in [0.1, 0.15) is 12.4 Å². The van der Waals surface area contributed by atoms with Gasteiger partial charge in [-0.15, -0.1) is 0 Å². The highest BCUT2D eigenvalue weighted by atomic mass is 16.5. The molecule has 3 aromatic rings. The van der Waals surface area contributed by atoms with E-state index in [0.717, 1.165) is 22.4 Å². The van der Waals surface area contributed by atoms with Gasteiger partial charge in [0, 0.05) is 0 Å². The summed E-state index contributed by atoms with van der Waals surface area (Å²) in [6.45, 7) is 0.519. The minimum absolute atomic E-state index is 0.519. The topological polar surface area (TPSA) is 56.8 Å². The van der Waals surface area contributed by atoms with E-state index in [9.17, 15) is 5.26 Å². The van der Waals surface area contributed by atoms with Crippen molar-refractivity contribution in [3.05, 3.63) is 101 Å². The molecule has 0 unspecified atom stereocenters. The summed E-state index contributed by atoms with van der Waals surface area (Å²) in [6.07, 6.45) is 1.82. The number of hydrogen-bond acceptors (Lipinski definition) is 3. The van der Waals surface area contributed by atoms with Gasteiger partial charge in [-0.2, -0.15) is 10.5 Å². The molecule has 0 aliphatic heterocycles. The molecule has 0 aliphatic carbocycles. The quantitative estimate of drug-likeness (QED) is 0.475. The molecule has 124 valence electrons. The van der Waals surface area contributed by atoms with E-state index in [0.29, 0.717) is 17.7 Å². The lowest BCUT2D eigenvalue weighted by Crippen LogP contribution is -1.94. The van der Waals surface area contributed by atoms with Crippen LogP contribution in [0.25, 0.3) is 11.6 Å². The summed E-state index contributed by atoms with van der Waals surface area (Å²) in [4.78, 5) is 0. The smallest absolute Gasteiger partial charge is 0.119 e. The SMILES string of the molecule is N#CC(=Cc1ccc(OCc2ccccc2)cc1)c1ccc(C#N)cc1. The summed E-state index contributed by atoms with van der Waals surface area (Å²) in [5.41, 5.74) is 3.94. The third-order valence-corrected chi connectivity index (χ3v) is 3.88. The Bertz CT molecular complexity index is 974. The molecule has 0 amide bonds. The lowest BCUT2D eigenvalue weighted by Gasteiger charge is -2.06. The number of allylic oxidation sites excluding steroid dienone is 1. The standard InChI is InChI=1S/C23H16N2O/c24-15-19-6-10-21(11-7-19)22(16-25)14-18-8-12-23(13-9-18)26-17-20-4-2-1-3-5-20/h1-14H,17H2. The van der Waals surface area contributed by atoms with Crippen molar-refractivity contribution in [3.63, 3.8) is 0 Å². The summed E-state index contributed by atoms with van der Waals surface area (Å²) in [7, 11) is 0. The van der Waals surface area contributed by atoms with Gasteiger partial charge in [0.25, 0.3) is 0 Å². The maximum atomic E-state index is 9.42. The molecule has 26 heavy (non-hydrogen) atoms. The Balaban J connectivity index is 1.71. The Morgan fingerprint density at radius 1 is 0.846 bits per heavy atom. The Kier molecular flexibility index (Phi) is 5.45. The molecule has 0 saturated carbocycles. The monoisotopic (exact) mass is 336 g/mol. The molecular formula is C23H16N2O. The van der Waals surface area contributed by atoms with Crippen LogP contribution in [0.2, 0.25) is 0 Å². The third-order valence-electron chi connectivity index (χ3n) is 3.88. The average molecular weight is 336 g/mol. The molecule has 3 rings (SSSR count). The van der Waals surface area contributed by atoms with Gasteiger partial charge in [0.2, 0.25) is 0 Å². The fourth-order valence-corrected chi connectivity index (χ4v) is 2.47. The molecule has 0 N–H and O–H groups in total. The molecule has 0 atom stereocenters. The second kappa shape index (κ2) is 8.33. The number of rotatable bonds is 5. The van der Waals surface area contributed by atoms with E-state index < -0.39 is 0 Å². The van der Waals surface area contributed by atoms with Crippen molar-refractivity contribution in [1.29, 1.82) is 10.5 Å². The van der Waals surface area contributed by atoms with Gasteiger partial charge in [-0.3, -0.25) is 0 Å². The number of nitrogens with zero attached hydrogens (tertiary/aromatic N) is 2. The zero-order chi connectivity index (χ0) is 18.2. The fraction of sp³-hybridized carbons (Fsp3) is 0.0435. The van der Waals surface area contributed by atoms with E-state index in [1.165, 1.54) is 0 Å². The van der Waals surface area contributed by atoms with Crippen LogP contribution in [0.15, 0.2) is 78.9 Å². The van der Waals surface area contributed by atoms with Gasteiger partial charge in [-0.25, -0.2) is 0 Å². The highest BCUT2D eigenvalue weighted by Gasteiger charge is 2.02. The number of benzene rings is 3. The second-order valence-electron chi connectivity index (χ2n) is 5.70. The Morgan fingerprint density at radius 2 is 1.54 bits per heavy atom. The Hall–Kier alpha value is -3.82. The first-order valence-corrected chi connectivity index (χ1v) is 8.17. The van der Waals surface area contributed by atoms with E-state index in [4.69, 9.17) is 10.00 Å². The minimum atomic E-state index is 0.519. The largest absolute Gasteiger partial charge is 0.489 e. The summed E-state index contributed by atoms with van der Waals surface area (Å²) in [5, 5.41) is 18.3. The predicted octanol–water partition coefficient (Wildman–Crippen LogP) is 5.20. The number of nitriles is 2. The predicted molar refractivity (Wildman–Crippen MR) is 102 cm³/mol. The van der Waals surface area contributed by atoms with Crippen molar-refractivity contribution in [2.24, 2.45) is 0 Å². The first-order valence-electron chi connectivity index (χ1n) is 8.17. The van der Waals surface area contributed by atoms with Crippen LogP contribution in [0.1, 0.15) is 22.3 Å². The van der Waals surface area contributed by atoms with Crippen LogP contribution >= 0.6 is 0 Å². The van der Waals surface area contributed by atoms with Gasteiger partial charge in [0.05, 0.1) is 23.3 Å². The molecule has 0 spiro atoms. The van der Waals surface area contributed by atoms with E-state index in [1.54, 1.807) is 24.3 Å². The van der Waals surface area contributed by atoms with Crippen LogP contribution in [-0.2, 0) is 6.61 Å². The Morgan fingerprint density at radius 3 is 2.15 bits per heavy atom. The molecule has 0 radical (unpaired) electrons. The molecular weight excluding hydrogens is 320 g/mol. The van der Waals surface area contributed by atoms with Crippen molar-refractivity contribution < 1.29 is 4.74 Å². The average Bonchev–Trinajstić information content (AvgIpc) is 2.72. The zero-order valence-electron chi connectivity index (χ0n) is 14.1.